The van der Waals surface area contributed by atoms with E-state index in [1.807, 2.05) is 24.1 Å². The van der Waals surface area contributed by atoms with Crippen molar-refractivity contribution < 1.29 is 4.79 Å². The molecule has 0 atom stereocenters. The van der Waals surface area contributed by atoms with Gasteiger partial charge in [-0.15, -0.1) is 0 Å². The zero-order chi connectivity index (χ0) is 13.1. The topological polar surface area (TPSA) is 84.7 Å². The molecule has 18 heavy (non-hydrogen) atoms. The molecule has 2 rings (SSSR count). The molecule has 0 heterocycles. The van der Waals surface area contributed by atoms with Gasteiger partial charge in [-0.2, -0.15) is 0 Å². The largest absolute Gasteiger partial charge is 0.370 e. The Morgan fingerprint density at radius 2 is 1.94 bits per heavy atom. The maximum atomic E-state index is 10.9. The van der Waals surface area contributed by atoms with Crippen molar-refractivity contribution in [2.75, 3.05) is 7.05 Å². The van der Waals surface area contributed by atoms with Gasteiger partial charge in [0.2, 0.25) is 5.91 Å². The number of nitrogens with two attached hydrogens (primary N) is 2. The first-order valence-corrected chi connectivity index (χ1v) is 5.99. The molecule has 1 aromatic rings. The number of rotatable bonds is 4. The molecule has 5 heteroatoms. The lowest BCUT2D eigenvalue weighted by molar-refractivity contribution is 0.100. The zero-order valence-electron chi connectivity index (χ0n) is 10.5. The minimum Gasteiger partial charge on any atom is -0.370 e. The first-order chi connectivity index (χ1) is 8.58. The number of hydrogen-bond acceptors (Lipinski definition) is 2. The van der Waals surface area contributed by atoms with E-state index >= 15 is 0 Å². The van der Waals surface area contributed by atoms with Gasteiger partial charge in [-0.3, -0.25) is 4.79 Å². The Kier molecular flexibility index (Phi) is 3.50. The predicted octanol–water partition coefficient (Wildman–Crippen LogP) is 0.694. The van der Waals surface area contributed by atoms with Gasteiger partial charge in [0.05, 0.1) is 6.54 Å². The number of nitrogens with zero attached hydrogens (tertiary/aromatic N) is 2. The Morgan fingerprint density at radius 3 is 2.44 bits per heavy atom. The van der Waals surface area contributed by atoms with E-state index < -0.39 is 5.91 Å². The van der Waals surface area contributed by atoms with Gasteiger partial charge in [0.1, 0.15) is 0 Å². The van der Waals surface area contributed by atoms with Crippen molar-refractivity contribution in [1.82, 2.24) is 4.90 Å². The normalized spacial score (nSPS) is 15.5. The van der Waals surface area contributed by atoms with Crippen LogP contribution < -0.4 is 11.5 Å². The number of primary amides is 1. The average molecular weight is 246 g/mol. The van der Waals surface area contributed by atoms with E-state index in [0.29, 0.717) is 24.1 Å². The van der Waals surface area contributed by atoms with Crippen LogP contribution >= 0.6 is 0 Å². The van der Waals surface area contributed by atoms with Crippen molar-refractivity contribution >= 4 is 11.9 Å². The summed E-state index contributed by atoms with van der Waals surface area (Å²) in [5.41, 5.74) is 12.6. The van der Waals surface area contributed by atoms with Crippen LogP contribution in [0.15, 0.2) is 29.3 Å². The van der Waals surface area contributed by atoms with Crippen LogP contribution in [-0.2, 0) is 6.54 Å². The second-order valence-corrected chi connectivity index (χ2v) is 4.58. The second-order valence-electron chi connectivity index (χ2n) is 4.58. The van der Waals surface area contributed by atoms with Crippen LogP contribution in [-0.4, -0.2) is 29.9 Å². The van der Waals surface area contributed by atoms with Gasteiger partial charge in [-0.1, -0.05) is 12.1 Å². The number of aliphatic imine (C=N–C) groups is 1. The highest BCUT2D eigenvalue weighted by atomic mass is 16.1. The molecule has 0 bridgehead atoms. The maximum Gasteiger partial charge on any atom is 0.248 e. The van der Waals surface area contributed by atoms with Crippen LogP contribution in [0.2, 0.25) is 0 Å². The number of carbonyl (C=O) groups is 1. The quantitative estimate of drug-likeness (QED) is 0.605. The van der Waals surface area contributed by atoms with Gasteiger partial charge < -0.3 is 16.4 Å². The van der Waals surface area contributed by atoms with E-state index in [1.165, 1.54) is 12.8 Å². The molecule has 1 aliphatic rings. The first kappa shape index (κ1) is 12.4. The lowest BCUT2D eigenvalue weighted by Crippen LogP contribution is -2.35. The summed E-state index contributed by atoms with van der Waals surface area (Å²) in [6.45, 7) is 0.516. The number of guanidine groups is 1. The SMILES string of the molecule is CN(C(N)=NCc1ccc(C(N)=O)cc1)C1CC1. The fraction of sp³-hybridized carbons (Fsp3) is 0.385. The minimum atomic E-state index is -0.418. The van der Waals surface area contributed by atoms with E-state index in [1.54, 1.807) is 12.1 Å². The third kappa shape index (κ3) is 3.00. The van der Waals surface area contributed by atoms with Crippen LogP contribution in [0.25, 0.3) is 0 Å². The summed E-state index contributed by atoms with van der Waals surface area (Å²) < 4.78 is 0. The van der Waals surface area contributed by atoms with Crippen molar-refractivity contribution in [2.24, 2.45) is 16.5 Å². The molecule has 4 N–H and O–H groups in total. The van der Waals surface area contributed by atoms with E-state index in [9.17, 15) is 4.79 Å². The Morgan fingerprint density at radius 1 is 1.33 bits per heavy atom. The summed E-state index contributed by atoms with van der Waals surface area (Å²) >= 11 is 0. The molecule has 5 nitrogen and oxygen atoms in total. The molecule has 1 aromatic carbocycles. The molecule has 0 aliphatic heterocycles. The van der Waals surface area contributed by atoms with Gasteiger partial charge in [0, 0.05) is 18.7 Å². The van der Waals surface area contributed by atoms with Crippen molar-refractivity contribution in [2.45, 2.75) is 25.4 Å². The van der Waals surface area contributed by atoms with Crippen LogP contribution in [0.3, 0.4) is 0 Å². The number of carbonyl (C=O) groups excluding carboxylic acids is 1. The molecule has 96 valence electrons. The summed E-state index contributed by atoms with van der Waals surface area (Å²) in [4.78, 5) is 17.3. The maximum absolute atomic E-state index is 10.9. The molecular formula is C13H18N4O. The fourth-order valence-electron chi connectivity index (χ4n) is 1.71. The smallest absolute Gasteiger partial charge is 0.248 e. The Bertz CT molecular complexity index is 462. The molecule has 0 aromatic heterocycles. The van der Waals surface area contributed by atoms with Gasteiger partial charge in [-0.05, 0) is 30.5 Å². The van der Waals surface area contributed by atoms with Gasteiger partial charge in [0.25, 0.3) is 0 Å². The van der Waals surface area contributed by atoms with Crippen LogP contribution in [0.1, 0.15) is 28.8 Å². The Hall–Kier alpha value is -2.04. The average Bonchev–Trinajstić information content (AvgIpc) is 3.19. The summed E-state index contributed by atoms with van der Waals surface area (Å²) in [6.07, 6.45) is 2.39. The van der Waals surface area contributed by atoms with Gasteiger partial charge in [-0.25, -0.2) is 4.99 Å². The molecule has 0 spiro atoms. The number of benzene rings is 1. The molecule has 1 fully saturated rings. The number of hydrogen-bond donors (Lipinski definition) is 2. The number of amides is 1. The van der Waals surface area contributed by atoms with E-state index in [-0.39, 0.29) is 0 Å². The standard InChI is InChI=1S/C13H18N4O/c1-17(11-6-7-11)13(15)16-8-9-2-4-10(5-3-9)12(14)18/h2-5,11H,6-8H2,1H3,(H2,14,18)(H2,15,16). The fourth-order valence-corrected chi connectivity index (χ4v) is 1.71. The van der Waals surface area contributed by atoms with E-state index in [0.717, 1.165) is 5.56 Å². The third-order valence-corrected chi connectivity index (χ3v) is 3.12. The highest BCUT2D eigenvalue weighted by Gasteiger charge is 2.27. The van der Waals surface area contributed by atoms with Crippen molar-refractivity contribution in [3.05, 3.63) is 35.4 Å². The zero-order valence-corrected chi connectivity index (χ0v) is 10.5. The Labute approximate surface area is 106 Å². The summed E-state index contributed by atoms with van der Waals surface area (Å²) in [5, 5.41) is 0. The van der Waals surface area contributed by atoms with Crippen molar-refractivity contribution in [1.29, 1.82) is 0 Å². The molecular weight excluding hydrogens is 228 g/mol. The van der Waals surface area contributed by atoms with E-state index in [4.69, 9.17) is 11.5 Å². The highest BCUT2D eigenvalue weighted by Crippen LogP contribution is 2.24. The summed E-state index contributed by atoms with van der Waals surface area (Å²) in [7, 11) is 1.96. The van der Waals surface area contributed by atoms with Crippen molar-refractivity contribution in [3.8, 4) is 0 Å². The predicted molar refractivity (Wildman–Crippen MR) is 71.1 cm³/mol. The lowest BCUT2D eigenvalue weighted by Gasteiger charge is -2.16. The lowest BCUT2D eigenvalue weighted by atomic mass is 10.1. The molecule has 0 radical (unpaired) electrons. The molecule has 1 saturated carbocycles. The van der Waals surface area contributed by atoms with Crippen LogP contribution in [0.5, 0.6) is 0 Å². The Balaban J connectivity index is 1.96. The molecule has 0 unspecified atom stereocenters. The second kappa shape index (κ2) is 5.08. The third-order valence-electron chi connectivity index (χ3n) is 3.12. The highest BCUT2D eigenvalue weighted by molar-refractivity contribution is 5.92. The monoisotopic (exact) mass is 246 g/mol. The summed E-state index contributed by atoms with van der Waals surface area (Å²) in [6, 6.07) is 7.65. The molecule has 0 saturated heterocycles. The minimum absolute atomic E-state index is 0.418. The van der Waals surface area contributed by atoms with E-state index in [2.05, 4.69) is 4.99 Å². The molecule has 1 amide bonds. The van der Waals surface area contributed by atoms with Gasteiger partial charge in [0.15, 0.2) is 5.96 Å². The van der Waals surface area contributed by atoms with Crippen LogP contribution in [0, 0.1) is 0 Å². The summed E-state index contributed by atoms with van der Waals surface area (Å²) in [5.74, 6) is 0.148. The first-order valence-electron chi connectivity index (χ1n) is 5.99. The molecule has 1 aliphatic carbocycles. The van der Waals surface area contributed by atoms with Crippen molar-refractivity contribution in [3.63, 3.8) is 0 Å². The van der Waals surface area contributed by atoms with Crippen LogP contribution in [0.4, 0.5) is 0 Å². The van der Waals surface area contributed by atoms with Gasteiger partial charge >= 0.3 is 0 Å².